The molecule has 0 aliphatic carbocycles. The third-order valence-electron chi connectivity index (χ3n) is 3.07. The lowest BCUT2D eigenvalue weighted by Crippen LogP contribution is -2.34. The van der Waals surface area contributed by atoms with Crippen molar-refractivity contribution in [2.75, 3.05) is 37.6 Å². The summed E-state index contributed by atoms with van der Waals surface area (Å²) in [6, 6.07) is 0. The Hall–Kier alpha value is -2.29. The van der Waals surface area contributed by atoms with Gasteiger partial charge in [-0.1, -0.05) is 0 Å². The first-order valence-corrected chi connectivity index (χ1v) is 6.22. The molecule has 108 valence electrons. The van der Waals surface area contributed by atoms with Gasteiger partial charge in [0.05, 0.1) is 11.5 Å². The van der Waals surface area contributed by atoms with Gasteiger partial charge in [-0.2, -0.15) is 0 Å². The van der Waals surface area contributed by atoms with E-state index < -0.39 is 10.9 Å². The summed E-state index contributed by atoms with van der Waals surface area (Å²) < 4.78 is 0. The third kappa shape index (κ3) is 3.60. The van der Waals surface area contributed by atoms with E-state index in [4.69, 9.17) is 5.11 Å². The van der Waals surface area contributed by atoms with Crippen LogP contribution in [0.4, 0.5) is 11.6 Å². The van der Waals surface area contributed by atoms with Crippen LogP contribution in [0, 0.1) is 10.1 Å². The molecular formula is C11H15N5O4. The molecule has 0 radical (unpaired) electrons. The van der Waals surface area contributed by atoms with Crippen LogP contribution in [0.15, 0.2) is 12.4 Å². The van der Waals surface area contributed by atoms with Crippen molar-refractivity contribution in [1.29, 1.82) is 0 Å². The van der Waals surface area contributed by atoms with Gasteiger partial charge in [0.25, 0.3) is 0 Å². The summed E-state index contributed by atoms with van der Waals surface area (Å²) in [6.07, 6.45) is 3.16. The fourth-order valence-electron chi connectivity index (χ4n) is 2.09. The number of anilines is 1. The Labute approximate surface area is 115 Å². The summed E-state index contributed by atoms with van der Waals surface area (Å²) in [7, 11) is 0. The molecule has 0 atom stereocenters. The highest BCUT2D eigenvalue weighted by molar-refractivity contribution is 5.69. The standard InChI is InChI=1S/C11H15N5O4/c17-10(18)8-14-2-1-3-15(5-4-14)11-12-6-9(7-13-11)16(19)20/h6-7H,1-5,8H2,(H,17,18). The second-order valence-corrected chi connectivity index (χ2v) is 4.51. The Bertz CT molecular complexity index is 492. The number of nitro groups is 1. The first kappa shape index (κ1) is 14.1. The van der Waals surface area contributed by atoms with Gasteiger partial charge in [-0.3, -0.25) is 19.8 Å². The molecule has 1 aromatic rings. The zero-order valence-electron chi connectivity index (χ0n) is 10.8. The van der Waals surface area contributed by atoms with E-state index in [-0.39, 0.29) is 12.2 Å². The second-order valence-electron chi connectivity index (χ2n) is 4.51. The minimum Gasteiger partial charge on any atom is -0.480 e. The Balaban J connectivity index is 1.99. The van der Waals surface area contributed by atoms with Gasteiger partial charge >= 0.3 is 11.7 Å². The number of nitrogens with zero attached hydrogens (tertiary/aromatic N) is 5. The maximum absolute atomic E-state index is 10.7. The number of hydrogen-bond acceptors (Lipinski definition) is 7. The molecule has 0 bridgehead atoms. The van der Waals surface area contributed by atoms with Crippen LogP contribution < -0.4 is 4.90 Å². The van der Waals surface area contributed by atoms with Gasteiger partial charge in [-0.05, 0) is 6.42 Å². The molecular weight excluding hydrogens is 266 g/mol. The lowest BCUT2D eigenvalue weighted by molar-refractivity contribution is -0.385. The van der Waals surface area contributed by atoms with Crippen LogP contribution in [-0.2, 0) is 4.79 Å². The van der Waals surface area contributed by atoms with Crippen molar-refractivity contribution >= 4 is 17.6 Å². The van der Waals surface area contributed by atoms with Gasteiger partial charge in [0.15, 0.2) is 0 Å². The molecule has 0 aromatic carbocycles. The maximum Gasteiger partial charge on any atom is 0.317 e. The average molecular weight is 281 g/mol. The van der Waals surface area contributed by atoms with E-state index in [0.29, 0.717) is 32.1 Å². The third-order valence-corrected chi connectivity index (χ3v) is 3.07. The molecule has 1 aliphatic rings. The molecule has 1 saturated heterocycles. The molecule has 9 heteroatoms. The first-order valence-electron chi connectivity index (χ1n) is 6.22. The summed E-state index contributed by atoms with van der Waals surface area (Å²) in [5.74, 6) is -0.405. The molecule has 9 nitrogen and oxygen atoms in total. The minimum absolute atomic E-state index is 0.0228. The van der Waals surface area contributed by atoms with Crippen molar-refractivity contribution in [3.05, 3.63) is 22.5 Å². The molecule has 2 heterocycles. The fraction of sp³-hybridized carbons (Fsp3) is 0.545. The van der Waals surface area contributed by atoms with Crippen molar-refractivity contribution in [2.24, 2.45) is 0 Å². The van der Waals surface area contributed by atoms with Gasteiger partial charge in [0.1, 0.15) is 12.4 Å². The highest BCUT2D eigenvalue weighted by atomic mass is 16.6. The molecule has 0 spiro atoms. The Kier molecular flexibility index (Phi) is 4.41. The Morgan fingerprint density at radius 2 is 2.00 bits per heavy atom. The van der Waals surface area contributed by atoms with E-state index in [1.165, 1.54) is 12.4 Å². The van der Waals surface area contributed by atoms with E-state index >= 15 is 0 Å². The SMILES string of the molecule is O=C(O)CN1CCCN(c2ncc([N+](=O)[O-])cn2)CC1. The molecule has 1 N–H and O–H groups in total. The van der Waals surface area contributed by atoms with E-state index in [2.05, 4.69) is 9.97 Å². The van der Waals surface area contributed by atoms with Gasteiger partial charge < -0.3 is 10.0 Å². The zero-order valence-corrected chi connectivity index (χ0v) is 10.8. The van der Waals surface area contributed by atoms with Crippen LogP contribution in [0.25, 0.3) is 0 Å². The van der Waals surface area contributed by atoms with Crippen molar-refractivity contribution in [1.82, 2.24) is 14.9 Å². The summed E-state index contributed by atoms with van der Waals surface area (Å²) in [5, 5.41) is 19.3. The number of carboxylic acids is 1. The lowest BCUT2D eigenvalue weighted by Gasteiger charge is -2.20. The van der Waals surface area contributed by atoms with Crippen molar-refractivity contribution in [3.8, 4) is 0 Å². The Morgan fingerprint density at radius 1 is 1.30 bits per heavy atom. The number of carbonyl (C=O) groups is 1. The molecule has 0 unspecified atom stereocenters. The molecule has 20 heavy (non-hydrogen) atoms. The molecule has 1 aliphatic heterocycles. The van der Waals surface area contributed by atoms with E-state index in [1.807, 2.05) is 9.80 Å². The minimum atomic E-state index is -0.843. The topological polar surface area (TPSA) is 113 Å². The van der Waals surface area contributed by atoms with Gasteiger partial charge in [0.2, 0.25) is 5.95 Å². The second kappa shape index (κ2) is 6.24. The number of aromatic nitrogens is 2. The van der Waals surface area contributed by atoms with Crippen LogP contribution >= 0.6 is 0 Å². The summed E-state index contributed by atoms with van der Waals surface area (Å²) in [4.78, 5) is 32.4. The zero-order chi connectivity index (χ0) is 14.5. The molecule has 1 aromatic heterocycles. The lowest BCUT2D eigenvalue weighted by atomic mass is 10.4. The number of rotatable bonds is 4. The van der Waals surface area contributed by atoms with E-state index in [9.17, 15) is 14.9 Å². The largest absolute Gasteiger partial charge is 0.480 e. The van der Waals surface area contributed by atoms with Crippen LogP contribution in [-0.4, -0.2) is 63.6 Å². The summed E-state index contributed by atoms with van der Waals surface area (Å²) in [5.41, 5.74) is -0.143. The van der Waals surface area contributed by atoms with Crippen molar-refractivity contribution in [2.45, 2.75) is 6.42 Å². The molecule has 0 amide bonds. The molecule has 2 rings (SSSR count). The fourth-order valence-corrected chi connectivity index (χ4v) is 2.09. The van der Waals surface area contributed by atoms with Gasteiger partial charge in [-0.15, -0.1) is 0 Å². The maximum atomic E-state index is 10.7. The number of aliphatic carboxylic acids is 1. The normalized spacial score (nSPS) is 16.7. The van der Waals surface area contributed by atoms with Crippen LogP contribution in [0.1, 0.15) is 6.42 Å². The van der Waals surface area contributed by atoms with Crippen LogP contribution in [0.5, 0.6) is 0 Å². The predicted octanol–water partition coefficient (Wildman–Crippen LogP) is -0.0185. The molecule has 1 fully saturated rings. The van der Waals surface area contributed by atoms with E-state index in [0.717, 1.165) is 6.42 Å². The predicted molar refractivity (Wildman–Crippen MR) is 69.6 cm³/mol. The Morgan fingerprint density at radius 3 is 2.60 bits per heavy atom. The van der Waals surface area contributed by atoms with Crippen molar-refractivity contribution < 1.29 is 14.8 Å². The first-order chi connectivity index (χ1) is 9.56. The summed E-state index contributed by atoms with van der Waals surface area (Å²) >= 11 is 0. The smallest absolute Gasteiger partial charge is 0.317 e. The van der Waals surface area contributed by atoms with E-state index in [1.54, 1.807) is 0 Å². The molecule has 0 saturated carbocycles. The van der Waals surface area contributed by atoms with Gasteiger partial charge in [0, 0.05) is 26.2 Å². The monoisotopic (exact) mass is 281 g/mol. The highest BCUT2D eigenvalue weighted by Gasteiger charge is 2.19. The van der Waals surface area contributed by atoms with Crippen molar-refractivity contribution in [3.63, 3.8) is 0 Å². The van der Waals surface area contributed by atoms with Gasteiger partial charge in [-0.25, -0.2) is 9.97 Å². The average Bonchev–Trinajstić information content (AvgIpc) is 2.64. The summed E-state index contributed by atoms with van der Waals surface area (Å²) in [6.45, 7) is 2.64. The van der Waals surface area contributed by atoms with Crippen LogP contribution in [0.2, 0.25) is 0 Å². The van der Waals surface area contributed by atoms with Crippen LogP contribution in [0.3, 0.4) is 0 Å². The quantitative estimate of drug-likeness (QED) is 0.605. The number of carboxylic acid groups (broad SMARTS) is 1. The number of hydrogen-bond donors (Lipinski definition) is 1. The highest BCUT2D eigenvalue weighted by Crippen LogP contribution is 2.14.